The average molecular weight is 286 g/mol. The van der Waals surface area contributed by atoms with E-state index in [4.69, 9.17) is 9.84 Å². The van der Waals surface area contributed by atoms with Gasteiger partial charge in [0.1, 0.15) is 5.75 Å². The second-order valence-corrected chi connectivity index (χ2v) is 4.69. The van der Waals surface area contributed by atoms with E-state index in [-0.39, 0.29) is 12.4 Å². The van der Waals surface area contributed by atoms with E-state index in [2.05, 4.69) is 0 Å². The average Bonchev–Trinajstić information content (AvgIpc) is 2.55. The Balaban J connectivity index is 1.94. The lowest BCUT2D eigenvalue weighted by atomic mass is 10.0. The molecule has 0 saturated heterocycles. The summed E-state index contributed by atoms with van der Waals surface area (Å²) in [5, 5.41) is 17.9. The van der Waals surface area contributed by atoms with Crippen LogP contribution in [0.2, 0.25) is 0 Å². The molecule has 2 aromatic rings. The van der Waals surface area contributed by atoms with Crippen molar-refractivity contribution in [2.24, 2.45) is 0 Å². The Morgan fingerprint density at radius 1 is 1.00 bits per heavy atom. The van der Waals surface area contributed by atoms with E-state index < -0.39 is 6.10 Å². The molecule has 0 spiro atoms. The Kier molecular flexibility index (Phi) is 5.49. The summed E-state index contributed by atoms with van der Waals surface area (Å²) < 4.78 is 5.44. The molecule has 2 N–H and O–H groups in total. The lowest BCUT2D eigenvalue weighted by Crippen LogP contribution is -2.15. The van der Waals surface area contributed by atoms with Crippen molar-refractivity contribution in [3.63, 3.8) is 0 Å². The minimum Gasteiger partial charge on any atom is -0.493 e. The summed E-state index contributed by atoms with van der Waals surface area (Å²) >= 11 is 0. The van der Waals surface area contributed by atoms with Crippen LogP contribution in [0.4, 0.5) is 0 Å². The topological polar surface area (TPSA) is 66.8 Å². The van der Waals surface area contributed by atoms with Crippen LogP contribution in [0.1, 0.15) is 22.3 Å². The number of hydrogen-bond donors (Lipinski definition) is 2. The van der Waals surface area contributed by atoms with Crippen LogP contribution in [0.15, 0.2) is 54.6 Å². The minimum absolute atomic E-state index is 0.0298. The van der Waals surface area contributed by atoms with E-state index >= 15 is 0 Å². The quantitative estimate of drug-likeness (QED) is 0.764. The van der Waals surface area contributed by atoms with Crippen LogP contribution in [-0.4, -0.2) is 35.3 Å². The number of carbonyl (C=O) groups excluding carboxylic acids is 1. The largest absolute Gasteiger partial charge is 0.493 e. The Labute approximate surface area is 123 Å². The number of ether oxygens (including phenoxy) is 1. The van der Waals surface area contributed by atoms with Gasteiger partial charge in [-0.25, -0.2) is 0 Å². The maximum absolute atomic E-state index is 12.2. The normalized spacial score (nSPS) is 11.9. The summed E-state index contributed by atoms with van der Waals surface area (Å²) in [6.07, 6.45) is -0.398. The molecule has 110 valence electrons. The molecule has 2 rings (SSSR count). The molecule has 0 fully saturated rings. The fourth-order valence-corrected chi connectivity index (χ4v) is 1.86. The van der Waals surface area contributed by atoms with Crippen molar-refractivity contribution in [1.29, 1.82) is 0 Å². The zero-order valence-corrected chi connectivity index (χ0v) is 11.6. The molecule has 0 aliphatic heterocycles. The Morgan fingerprint density at radius 3 is 2.24 bits per heavy atom. The first kappa shape index (κ1) is 15.2. The zero-order valence-electron chi connectivity index (χ0n) is 11.6. The molecule has 1 atom stereocenters. The summed E-state index contributed by atoms with van der Waals surface area (Å²) in [5.41, 5.74) is 1.25. The maximum atomic E-state index is 12.2. The SMILES string of the molecule is O=C(c1ccccc1)c1ccc(OCCC(O)CO)cc1. The van der Waals surface area contributed by atoms with Crippen molar-refractivity contribution in [1.82, 2.24) is 0 Å². The van der Waals surface area contributed by atoms with Gasteiger partial charge in [0.2, 0.25) is 0 Å². The van der Waals surface area contributed by atoms with Gasteiger partial charge < -0.3 is 14.9 Å². The van der Waals surface area contributed by atoms with Gasteiger partial charge >= 0.3 is 0 Å². The van der Waals surface area contributed by atoms with Crippen LogP contribution in [0.5, 0.6) is 5.75 Å². The molecule has 0 heterocycles. The maximum Gasteiger partial charge on any atom is 0.193 e. The van der Waals surface area contributed by atoms with Gasteiger partial charge in [0.15, 0.2) is 5.78 Å². The molecule has 2 aromatic carbocycles. The predicted molar refractivity (Wildman–Crippen MR) is 79.5 cm³/mol. The summed E-state index contributed by atoms with van der Waals surface area (Å²) in [6, 6.07) is 16.0. The van der Waals surface area contributed by atoms with Crippen LogP contribution < -0.4 is 4.74 Å². The highest BCUT2D eigenvalue weighted by molar-refractivity contribution is 6.08. The van der Waals surface area contributed by atoms with Crippen molar-refractivity contribution in [3.05, 3.63) is 65.7 Å². The lowest BCUT2D eigenvalue weighted by molar-refractivity contribution is 0.0754. The molecule has 4 heteroatoms. The number of hydrogen-bond acceptors (Lipinski definition) is 4. The Bertz CT molecular complexity index is 563. The van der Waals surface area contributed by atoms with Crippen LogP contribution >= 0.6 is 0 Å². The second kappa shape index (κ2) is 7.57. The number of carbonyl (C=O) groups is 1. The van der Waals surface area contributed by atoms with Gasteiger partial charge in [0.25, 0.3) is 0 Å². The van der Waals surface area contributed by atoms with Crippen molar-refractivity contribution in [3.8, 4) is 5.75 Å². The molecule has 0 amide bonds. The highest BCUT2D eigenvalue weighted by Crippen LogP contribution is 2.15. The number of aliphatic hydroxyl groups excluding tert-OH is 2. The van der Waals surface area contributed by atoms with Crippen LogP contribution in [-0.2, 0) is 0 Å². The third-order valence-electron chi connectivity index (χ3n) is 3.08. The van der Waals surface area contributed by atoms with E-state index in [1.54, 1.807) is 36.4 Å². The molecule has 0 aromatic heterocycles. The van der Waals surface area contributed by atoms with Gasteiger partial charge in [-0.1, -0.05) is 30.3 Å². The van der Waals surface area contributed by atoms with Crippen LogP contribution in [0, 0.1) is 0 Å². The fourth-order valence-electron chi connectivity index (χ4n) is 1.86. The fraction of sp³-hybridized carbons (Fsp3) is 0.235. The van der Waals surface area contributed by atoms with Crippen LogP contribution in [0.25, 0.3) is 0 Å². The molecule has 21 heavy (non-hydrogen) atoms. The molecule has 0 radical (unpaired) electrons. The minimum atomic E-state index is -0.760. The third kappa shape index (κ3) is 4.41. The molecule has 1 unspecified atom stereocenters. The highest BCUT2D eigenvalue weighted by Gasteiger charge is 2.08. The monoisotopic (exact) mass is 286 g/mol. The summed E-state index contributed by atoms with van der Waals surface area (Å²) in [5.74, 6) is 0.600. The molecular formula is C17H18O4. The lowest BCUT2D eigenvalue weighted by Gasteiger charge is -2.09. The first-order valence-electron chi connectivity index (χ1n) is 6.82. The summed E-state index contributed by atoms with van der Waals surface area (Å²) in [6.45, 7) is 0.0432. The van der Waals surface area contributed by atoms with Crippen molar-refractivity contribution >= 4 is 5.78 Å². The molecule has 0 saturated carbocycles. The summed E-state index contributed by atoms with van der Waals surface area (Å²) in [4.78, 5) is 12.2. The van der Waals surface area contributed by atoms with Gasteiger partial charge in [0, 0.05) is 17.5 Å². The summed E-state index contributed by atoms with van der Waals surface area (Å²) in [7, 11) is 0. The first-order valence-corrected chi connectivity index (χ1v) is 6.82. The smallest absolute Gasteiger partial charge is 0.193 e. The van der Waals surface area contributed by atoms with Gasteiger partial charge in [-0.05, 0) is 24.3 Å². The Morgan fingerprint density at radius 2 is 1.62 bits per heavy atom. The van der Waals surface area contributed by atoms with Gasteiger partial charge in [-0.15, -0.1) is 0 Å². The second-order valence-electron chi connectivity index (χ2n) is 4.69. The van der Waals surface area contributed by atoms with Gasteiger partial charge in [-0.2, -0.15) is 0 Å². The van der Waals surface area contributed by atoms with Crippen molar-refractivity contribution in [2.75, 3.05) is 13.2 Å². The van der Waals surface area contributed by atoms with Crippen molar-refractivity contribution < 1.29 is 19.7 Å². The molecular weight excluding hydrogens is 268 g/mol. The standard InChI is InChI=1S/C17H18O4/c18-12-15(19)10-11-21-16-8-6-14(7-9-16)17(20)13-4-2-1-3-5-13/h1-9,15,18-19H,10-12H2. The third-order valence-corrected chi connectivity index (χ3v) is 3.08. The van der Waals surface area contributed by atoms with Gasteiger partial charge in [0.05, 0.1) is 19.3 Å². The number of ketones is 1. The van der Waals surface area contributed by atoms with E-state index in [1.165, 1.54) is 0 Å². The van der Waals surface area contributed by atoms with Crippen LogP contribution in [0.3, 0.4) is 0 Å². The number of aliphatic hydroxyl groups is 2. The highest BCUT2D eigenvalue weighted by atomic mass is 16.5. The van der Waals surface area contributed by atoms with E-state index in [0.29, 0.717) is 29.9 Å². The van der Waals surface area contributed by atoms with E-state index in [0.717, 1.165) is 0 Å². The zero-order chi connectivity index (χ0) is 15.1. The Hall–Kier alpha value is -2.17. The molecule has 0 bridgehead atoms. The first-order chi connectivity index (χ1) is 10.2. The molecule has 0 aliphatic rings. The molecule has 0 aliphatic carbocycles. The van der Waals surface area contributed by atoms with Crippen molar-refractivity contribution in [2.45, 2.75) is 12.5 Å². The number of benzene rings is 2. The van der Waals surface area contributed by atoms with E-state index in [1.807, 2.05) is 18.2 Å². The van der Waals surface area contributed by atoms with Gasteiger partial charge in [-0.3, -0.25) is 4.79 Å². The molecule has 4 nitrogen and oxygen atoms in total. The number of rotatable bonds is 7. The van der Waals surface area contributed by atoms with E-state index in [9.17, 15) is 9.90 Å². The predicted octanol–water partition coefficient (Wildman–Crippen LogP) is 2.04.